The van der Waals surface area contributed by atoms with Crippen molar-refractivity contribution in [1.82, 2.24) is 0 Å². The highest BCUT2D eigenvalue weighted by atomic mass is 16.8. The van der Waals surface area contributed by atoms with Crippen LogP contribution in [0, 0.1) is 50.2 Å². The van der Waals surface area contributed by atoms with Crippen LogP contribution in [0.3, 0.4) is 0 Å². The van der Waals surface area contributed by atoms with E-state index in [0.29, 0.717) is 44.9 Å². The molecule has 0 unspecified atom stereocenters. The summed E-state index contributed by atoms with van der Waals surface area (Å²) in [6.45, 7) is 8.89. The molecule has 572 valence electrons. The van der Waals surface area contributed by atoms with E-state index in [0.717, 1.165) is 12.5 Å². The highest BCUT2D eigenvalue weighted by Gasteiger charge is 2.72. The summed E-state index contributed by atoms with van der Waals surface area (Å²) in [6, 6.07) is 0. The first kappa shape index (κ1) is 79.2. The number of carboxylic acid groups (broad SMARTS) is 1. The van der Waals surface area contributed by atoms with Crippen molar-refractivity contribution in [2.45, 2.75) is 291 Å². The number of fused-ring (bicyclic) bond motifs is 7. The molecule has 10 aliphatic rings. The highest BCUT2D eigenvalue weighted by Crippen LogP contribution is 2.76. The number of carbonyl (C=O) groups excluding carboxylic acids is 3. The molecule has 5 aliphatic carbocycles. The second-order valence-electron chi connectivity index (χ2n) is 31.6. The van der Waals surface area contributed by atoms with E-state index in [1.807, 2.05) is 0 Å². The average Bonchev–Trinajstić information content (AvgIpc) is 0.674. The van der Waals surface area contributed by atoms with Crippen LogP contribution in [0.4, 0.5) is 0 Å². The second kappa shape index (κ2) is 29.7. The summed E-state index contributed by atoms with van der Waals surface area (Å²) >= 11 is 0. The van der Waals surface area contributed by atoms with Gasteiger partial charge >= 0.3 is 23.9 Å². The maximum absolute atomic E-state index is 15.8. The zero-order valence-electron chi connectivity index (χ0n) is 57.0. The molecule has 34 nitrogen and oxygen atoms in total. The number of allylic oxidation sites excluding steroid dienone is 2. The van der Waals surface area contributed by atoms with Crippen molar-refractivity contribution < 1.29 is 168 Å². The summed E-state index contributed by atoms with van der Waals surface area (Å²) in [7, 11) is 0. The van der Waals surface area contributed by atoms with E-state index in [1.165, 1.54) is 0 Å². The maximum Gasteiger partial charge on any atom is 0.317 e. The van der Waals surface area contributed by atoms with Gasteiger partial charge in [-0.3, -0.25) is 19.2 Å². The van der Waals surface area contributed by atoms with E-state index < -0.39 is 274 Å². The molecule has 0 radical (unpaired) electrons. The van der Waals surface area contributed by atoms with E-state index in [2.05, 4.69) is 40.7 Å². The van der Waals surface area contributed by atoms with Gasteiger partial charge in [0.15, 0.2) is 18.9 Å². The summed E-state index contributed by atoms with van der Waals surface area (Å²) in [6.07, 6.45) is -45.1. The smallest absolute Gasteiger partial charge is 0.317 e. The Hall–Kier alpha value is -3.42. The lowest BCUT2D eigenvalue weighted by molar-refractivity contribution is -0.377. The van der Waals surface area contributed by atoms with Crippen LogP contribution in [0.15, 0.2) is 11.6 Å². The quantitative estimate of drug-likeness (QED) is 0.0307. The summed E-state index contributed by atoms with van der Waals surface area (Å²) < 4.78 is 64.5. The Labute approximate surface area is 576 Å². The van der Waals surface area contributed by atoms with Gasteiger partial charge in [0.1, 0.15) is 129 Å². The number of carbonyl (C=O) groups is 4. The van der Waals surface area contributed by atoms with Gasteiger partial charge in [0, 0.05) is 0 Å². The molecule has 10 rings (SSSR count). The third-order valence-electron chi connectivity index (χ3n) is 24.9. The minimum atomic E-state index is -2.20. The first-order valence-electron chi connectivity index (χ1n) is 34.5. The van der Waals surface area contributed by atoms with Crippen LogP contribution in [-0.2, 0) is 71.3 Å². The van der Waals surface area contributed by atoms with Crippen molar-refractivity contribution in [2.24, 2.45) is 50.2 Å². The normalized spacial score (nSPS) is 50.0. The average molecular weight is 1440 g/mol. The van der Waals surface area contributed by atoms with Gasteiger partial charge in [0.25, 0.3) is 0 Å². The Kier molecular flexibility index (Phi) is 23.5. The molecule has 5 aliphatic heterocycles. The van der Waals surface area contributed by atoms with Crippen molar-refractivity contribution >= 4 is 23.9 Å². The Morgan fingerprint density at radius 2 is 1.00 bits per heavy atom. The molecule has 5 saturated heterocycles. The molecule has 0 aromatic rings. The third kappa shape index (κ3) is 14.2. The van der Waals surface area contributed by atoms with Gasteiger partial charge in [-0.25, -0.2) is 0 Å². The molecule has 34 heteroatoms. The van der Waals surface area contributed by atoms with Crippen molar-refractivity contribution in [3.8, 4) is 0 Å². The van der Waals surface area contributed by atoms with E-state index in [1.54, 1.807) is 6.92 Å². The topological polar surface area (TPSA) is 554 Å². The van der Waals surface area contributed by atoms with Crippen LogP contribution in [0.25, 0.3) is 0 Å². The van der Waals surface area contributed by atoms with Gasteiger partial charge in [-0.05, 0) is 117 Å². The van der Waals surface area contributed by atoms with Crippen molar-refractivity contribution in [3.05, 3.63) is 11.6 Å². The molecule has 5 heterocycles. The Bertz CT molecular complexity index is 2920. The van der Waals surface area contributed by atoms with Crippen LogP contribution in [0.2, 0.25) is 0 Å². The minimum Gasteiger partial charge on any atom is -0.481 e. The third-order valence-corrected chi connectivity index (χ3v) is 24.9. The van der Waals surface area contributed by atoms with E-state index in [-0.39, 0.29) is 30.6 Å². The lowest BCUT2D eigenvalue weighted by Gasteiger charge is -2.71. The van der Waals surface area contributed by atoms with Crippen LogP contribution in [-0.4, -0.2) is 319 Å². The predicted molar refractivity (Wildman–Crippen MR) is 328 cm³/mol. The molecule has 100 heavy (non-hydrogen) atoms. The number of aliphatic carboxylic acids is 1. The Balaban J connectivity index is 0.937. The fourth-order valence-corrected chi connectivity index (χ4v) is 18.6. The first-order chi connectivity index (χ1) is 46.7. The zero-order valence-corrected chi connectivity index (χ0v) is 57.0. The number of hydrogen-bond donors (Lipinski definition) is 19. The SMILES string of the molecule is CC1(C)CC[C@]2(C(=O)O[C@@H]3O[C@H](CO[C@@H]4O[C@H](COC(=O)C[C@@](C)(O)CC(=O)O)[C@@H](O)[C@H](O)[C@H]4O[C@@H]4O[C@H](CO)[C@@H](O)[C@H](O)[C@H]4O)[C@@H](O)[C@H](O[C@@H]4O[C@H](CO)[C@@H](O)[C@H](O)[C@H]4O)[C@H]3O)CC[C@]3(C)C(=CC[C@@H]4[C@@]5(C)CC[C@H](O)[C@@](C)(C(=O)O[C@@H]6O[C@H](CO)[C@@H](O)[C@H](O)[C@H]6O)[C@@H]5CC[C@]43C)[C@@H]2C1. The van der Waals surface area contributed by atoms with Gasteiger partial charge in [0.2, 0.25) is 12.6 Å². The molecule has 19 N–H and O–H groups in total. The van der Waals surface area contributed by atoms with Gasteiger partial charge in [-0.2, -0.15) is 0 Å². The summed E-state index contributed by atoms with van der Waals surface area (Å²) in [4.78, 5) is 54.8. The molecule has 35 atom stereocenters. The molecule has 0 amide bonds. The second-order valence-corrected chi connectivity index (χ2v) is 31.6. The van der Waals surface area contributed by atoms with Gasteiger partial charge in [-0.15, -0.1) is 0 Å². The van der Waals surface area contributed by atoms with Crippen LogP contribution in [0.5, 0.6) is 0 Å². The van der Waals surface area contributed by atoms with Crippen LogP contribution >= 0.6 is 0 Å². The number of hydrogen-bond acceptors (Lipinski definition) is 33. The summed E-state index contributed by atoms with van der Waals surface area (Å²) in [5.74, 6) is -5.49. The van der Waals surface area contributed by atoms with Gasteiger partial charge in [-0.1, -0.05) is 46.3 Å². The standard InChI is InChI=1S/C66H104O34/c1-60(2)14-16-66(17-15-63(5)26(27(66)18-60)8-9-33-62(4)12-11-35(70)65(7,34(62)10-13-64(33,63)6)58(87)99-55-49(85)45(81)40(76)30(23-69)94-55)59(88)100-56-50(86)51(97-53-47(83)43(79)38(74)28(21-67)92-53)42(78)32(95-56)25-91-57-52(98-54-48(84)44(80)39(75)29(22-68)93-54)46(82)41(77)31(96-57)24-90-37(73)20-61(3,89)19-36(71)72/h8,27-35,38-57,67-70,74-86,89H,9-25H2,1-7H3,(H,71,72)/t27-,28+,29+,30+,31+,32+,33+,34+,35-,38+,39+,40+,41+,42+,43-,44-,45-,46-,47+,48+,49+,50+,51-,52+,53-,54-,55-,56-,57+,61-,62+,63+,64+,65-,66-/m0/s1. The molecular weight excluding hydrogens is 1340 g/mol. The van der Waals surface area contributed by atoms with E-state index >= 15 is 4.79 Å². The van der Waals surface area contributed by atoms with E-state index in [9.17, 15) is 111 Å². The molecule has 0 bridgehead atoms. The first-order valence-corrected chi connectivity index (χ1v) is 34.5. The number of aliphatic hydroxyl groups is 18. The predicted octanol–water partition coefficient (Wildman–Crippen LogP) is -5.55. The molecule has 0 aromatic carbocycles. The van der Waals surface area contributed by atoms with E-state index in [4.69, 9.17) is 52.1 Å². The fraction of sp³-hybridized carbons (Fsp3) is 0.909. The van der Waals surface area contributed by atoms with Crippen molar-refractivity contribution in [2.75, 3.05) is 33.0 Å². The highest BCUT2D eigenvalue weighted by molar-refractivity contribution is 5.80. The lowest BCUT2D eigenvalue weighted by Crippen LogP contribution is -2.67. The Morgan fingerprint density at radius 1 is 0.510 bits per heavy atom. The number of rotatable bonds is 20. The maximum atomic E-state index is 15.8. The number of esters is 3. The van der Waals surface area contributed by atoms with Gasteiger partial charge < -0.3 is 149 Å². The van der Waals surface area contributed by atoms with Crippen LogP contribution in [0.1, 0.15) is 126 Å². The minimum absolute atomic E-state index is 0.127. The lowest BCUT2D eigenvalue weighted by atomic mass is 9.33. The van der Waals surface area contributed by atoms with Crippen molar-refractivity contribution in [1.29, 1.82) is 0 Å². The number of ether oxygens (including phenoxy) is 11. The molecule has 0 aromatic heterocycles. The van der Waals surface area contributed by atoms with Crippen molar-refractivity contribution in [3.63, 3.8) is 0 Å². The molecular formula is C66H104O34. The number of aliphatic hydroxyl groups excluding tert-OH is 17. The fourth-order valence-electron chi connectivity index (χ4n) is 18.6. The molecule has 9 fully saturated rings. The molecule has 0 spiro atoms. The summed E-state index contributed by atoms with van der Waals surface area (Å²) in [5, 5.41) is 206. The number of carboxylic acids is 1. The van der Waals surface area contributed by atoms with Crippen LogP contribution < -0.4 is 0 Å². The Morgan fingerprint density at radius 3 is 1.57 bits per heavy atom. The van der Waals surface area contributed by atoms with Gasteiger partial charge in [0.05, 0.1) is 61.8 Å². The monoisotopic (exact) mass is 1440 g/mol. The zero-order chi connectivity index (χ0) is 73.6. The summed E-state index contributed by atoms with van der Waals surface area (Å²) in [5.41, 5.74) is -6.12. The largest absolute Gasteiger partial charge is 0.481 e. The molecule has 4 saturated carbocycles.